The van der Waals surface area contributed by atoms with Crippen LogP contribution in [0.5, 0.6) is 5.75 Å². The Labute approximate surface area is 207 Å². The molecule has 0 saturated carbocycles. The molecule has 2 aromatic heterocycles. The molecule has 0 fully saturated rings. The molecule has 1 aliphatic rings. The van der Waals surface area contributed by atoms with Gasteiger partial charge in [0.05, 0.1) is 22.5 Å². The molecular weight excluding hydrogens is 482 g/mol. The minimum Gasteiger partial charge on any atom is -0.489 e. The van der Waals surface area contributed by atoms with Gasteiger partial charge >= 0.3 is 0 Å². The number of hydrogen-bond donors (Lipinski definition) is 1. The molecule has 3 heterocycles. The third kappa shape index (κ3) is 4.69. The van der Waals surface area contributed by atoms with Crippen molar-refractivity contribution in [3.8, 4) is 5.75 Å². The van der Waals surface area contributed by atoms with Crippen LogP contribution in [0.1, 0.15) is 33.8 Å². The SMILES string of the molecule is CCS(=O)(=O)n1cc(C(=O)C2=CSC(c3cccnc3)N2)c2ccc(OCc3ccccc3)cc21. The highest BCUT2D eigenvalue weighted by atomic mass is 32.2. The number of benzene rings is 2. The highest BCUT2D eigenvalue weighted by Gasteiger charge is 2.28. The second-order valence-corrected chi connectivity index (χ2v) is 11.1. The molecule has 2 aromatic carbocycles. The van der Waals surface area contributed by atoms with Gasteiger partial charge in [-0.1, -0.05) is 36.4 Å². The molecule has 4 aromatic rings. The summed E-state index contributed by atoms with van der Waals surface area (Å²) in [5.74, 6) is 0.160. The van der Waals surface area contributed by atoms with Crippen molar-refractivity contribution >= 4 is 38.5 Å². The van der Waals surface area contributed by atoms with Crippen molar-refractivity contribution in [2.45, 2.75) is 18.9 Å². The summed E-state index contributed by atoms with van der Waals surface area (Å²) in [5, 5.41) is 5.43. The van der Waals surface area contributed by atoms with E-state index in [0.29, 0.717) is 34.5 Å². The van der Waals surface area contributed by atoms with Crippen LogP contribution in [0, 0.1) is 0 Å². The van der Waals surface area contributed by atoms with Gasteiger partial charge in [0.25, 0.3) is 0 Å². The Hall–Kier alpha value is -3.56. The summed E-state index contributed by atoms with van der Waals surface area (Å²) in [5.41, 5.74) is 3.10. The van der Waals surface area contributed by atoms with Crippen molar-refractivity contribution in [3.05, 3.63) is 107 Å². The van der Waals surface area contributed by atoms with Crippen LogP contribution in [-0.2, 0) is 16.6 Å². The van der Waals surface area contributed by atoms with Crippen LogP contribution >= 0.6 is 11.8 Å². The Kier molecular flexibility index (Phi) is 6.36. The molecule has 35 heavy (non-hydrogen) atoms. The van der Waals surface area contributed by atoms with E-state index in [2.05, 4.69) is 10.3 Å². The monoisotopic (exact) mass is 505 g/mol. The Morgan fingerprint density at radius 3 is 2.71 bits per heavy atom. The number of thioether (sulfide) groups is 1. The number of ether oxygens (including phenoxy) is 1. The van der Waals surface area contributed by atoms with E-state index >= 15 is 0 Å². The lowest BCUT2D eigenvalue weighted by atomic mass is 10.1. The number of nitrogens with one attached hydrogen (secondary N) is 1. The van der Waals surface area contributed by atoms with Crippen molar-refractivity contribution in [1.29, 1.82) is 0 Å². The van der Waals surface area contributed by atoms with E-state index in [4.69, 9.17) is 4.74 Å². The van der Waals surface area contributed by atoms with E-state index in [9.17, 15) is 13.2 Å². The Bertz CT molecular complexity index is 1510. The van der Waals surface area contributed by atoms with Gasteiger partial charge in [-0.15, -0.1) is 11.8 Å². The van der Waals surface area contributed by atoms with Gasteiger partial charge in [0.2, 0.25) is 15.8 Å². The maximum atomic E-state index is 13.5. The Morgan fingerprint density at radius 2 is 1.97 bits per heavy atom. The fourth-order valence-corrected chi connectivity index (χ4v) is 5.79. The van der Waals surface area contributed by atoms with Crippen LogP contribution < -0.4 is 10.1 Å². The molecule has 178 valence electrons. The van der Waals surface area contributed by atoms with Crippen molar-refractivity contribution in [2.24, 2.45) is 0 Å². The maximum Gasteiger partial charge on any atom is 0.238 e. The van der Waals surface area contributed by atoms with Crippen LogP contribution in [0.15, 0.2) is 90.4 Å². The van der Waals surface area contributed by atoms with E-state index in [1.807, 2.05) is 42.5 Å². The molecule has 1 atom stereocenters. The third-order valence-corrected chi connectivity index (χ3v) is 8.41. The minimum absolute atomic E-state index is 0.0978. The summed E-state index contributed by atoms with van der Waals surface area (Å²) in [4.78, 5) is 17.6. The van der Waals surface area contributed by atoms with Gasteiger partial charge < -0.3 is 10.1 Å². The average molecular weight is 506 g/mol. The summed E-state index contributed by atoms with van der Waals surface area (Å²) in [6.07, 6.45) is 4.86. The van der Waals surface area contributed by atoms with Crippen LogP contribution in [-0.4, -0.2) is 28.9 Å². The van der Waals surface area contributed by atoms with Gasteiger partial charge in [-0.25, -0.2) is 12.4 Å². The topological polar surface area (TPSA) is 90.3 Å². The highest BCUT2D eigenvalue weighted by Crippen LogP contribution is 2.36. The summed E-state index contributed by atoms with van der Waals surface area (Å²) in [6, 6.07) is 18.7. The summed E-state index contributed by atoms with van der Waals surface area (Å²) in [6.45, 7) is 1.93. The van der Waals surface area contributed by atoms with Crippen LogP contribution in [0.2, 0.25) is 0 Å². The first-order chi connectivity index (χ1) is 17.0. The van der Waals surface area contributed by atoms with Gasteiger partial charge in [0, 0.05) is 41.0 Å². The van der Waals surface area contributed by atoms with Gasteiger partial charge in [-0.3, -0.25) is 9.78 Å². The van der Waals surface area contributed by atoms with Crippen molar-refractivity contribution < 1.29 is 17.9 Å². The van der Waals surface area contributed by atoms with Crippen molar-refractivity contribution in [1.82, 2.24) is 14.3 Å². The fraction of sp³-hybridized carbons (Fsp3) is 0.154. The van der Waals surface area contributed by atoms with Crippen LogP contribution in [0.4, 0.5) is 0 Å². The number of ketones is 1. The molecule has 1 unspecified atom stereocenters. The molecule has 1 aliphatic heterocycles. The first kappa shape index (κ1) is 23.2. The molecule has 7 nitrogen and oxygen atoms in total. The number of Topliss-reactive ketones (excluding diaryl/α,β-unsaturated/α-hetero) is 1. The largest absolute Gasteiger partial charge is 0.489 e. The van der Waals surface area contributed by atoms with E-state index < -0.39 is 10.0 Å². The second kappa shape index (κ2) is 9.59. The lowest BCUT2D eigenvalue weighted by Gasteiger charge is -2.12. The Balaban J connectivity index is 1.47. The number of allylic oxidation sites excluding steroid dienone is 1. The molecule has 1 N–H and O–H groups in total. The van der Waals surface area contributed by atoms with Crippen molar-refractivity contribution in [3.63, 3.8) is 0 Å². The molecule has 0 aliphatic carbocycles. The van der Waals surface area contributed by atoms with Gasteiger partial charge in [0.1, 0.15) is 17.7 Å². The molecular formula is C26H23N3O4S2. The average Bonchev–Trinajstić information content (AvgIpc) is 3.54. The van der Waals surface area contributed by atoms with E-state index in [1.165, 1.54) is 21.9 Å². The van der Waals surface area contributed by atoms with Crippen LogP contribution in [0.25, 0.3) is 10.9 Å². The number of nitrogens with zero attached hydrogens (tertiary/aromatic N) is 2. The lowest BCUT2D eigenvalue weighted by molar-refractivity contribution is 0.102. The number of carbonyl (C=O) groups is 1. The number of carbonyl (C=O) groups excluding carboxylic acids is 1. The number of hydrogen-bond acceptors (Lipinski definition) is 7. The molecule has 0 radical (unpaired) electrons. The zero-order chi connectivity index (χ0) is 24.4. The summed E-state index contributed by atoms with van der Waals surface area (Å²) >= 11 is 1.48. The van der Waals surface area contributed by atoms with Gasteiger partial charge in [-0.2, -0.15) is 0 Å². The maximum absolute atomic E-state index is 13.5. The van der Waals surface area contributed by atoms with Gasteiger partial charge in [0.15, 0.2) is 0 Å². The summed E-state index contributed by atoms with van der Waals surface area (Å²) in [7, 11) is -3.64. The predicted octanol–water partition coefficient (Wildman–Crippen LogP) is 4.87. The molecule has 0 spiro atoms. The molecule has 0 bridgehead atoms. The standard InChI is InChI=1S/C26H23N3O4S2/c1-2-35(31,32)29-15-22(25(30)23-17-34-26(28-23)19-9-6-12-27-14-19)21-11-10-20(13-24(21)29)33-16-18-7-4-3-5-8-18/h3-15,17,26,28H,2,16H2,1H3. The van der Waals surface area contributed by atoms with Crippen LogP contribution in [0.3, 0.4) is 0 Å². The minimum atomic E-state index is -3.64. The normalized spacial score (nSPS) is 15.6. The number of fused-ring (bicyclic) bond motifs is 1. The number of aromatic nitrogens is 2. The van der Waals surface area contributed by atoms with E-state index in [0.717, 1.165) is 11.1 Å². The quantitative estimate of drug-likeness (QED) is 0.342. The highest BCUT2D eigenvalue weighted by molar-refractivity contribution is 8.02. The van der Waals surface area contributed by atoms with Gasteiger partial charge in [-0.05, 0) is 30.7 Å². The first-order valence-corrected chi connectivity index (χ1v) is 13.6. The zero-order valence-corrected chi connectivity index (χ0v) is 20.6. The smallest absolute Gasteiger partial charge is 0.238 e. The molecule has 0 saturated heterocycles. The van der Waals surface area contributed by atoms with Crippen molar-refractivity contribution in [2.75, 3.05) is 5.75 Å². The predicted molar refractivity (Wildman–Crippen MR) is 138 cm³/mol. The fourth-order valence-electron chi connectivity index (χ4n) is 3.86. The van der Waals surface area contributed by atoms with E-state index in [1.54, 1.807) is 42.9 Å². The lowest BCUT2D eigenvalue weighted by Crippen LogP contribution is -2.19. The molecule has 5 rings (SSSR count). The molecule has 0 amide bonds. The van der Waals surface area contributed by atoms with E-state index in [-0.39, 0.29) is 16.9 Å². The third-order valence-electron chi connectivity index (χ3n) is 5.74. The zero-order valence-electron chi connectivity index (χ0n) is 18.9. The summed E-state index contributed by atoms with van der Waals surface area (Å²) < 4.78 is 32.8. The first-order valence-electron chi connectivity index (χ1n) is 11.1. The number of pyridine rings is 1. The molecule has 9 heteroatoms. The Morgan fingerprint density at radius 1 is 1.14 bits per heavy atom. The number of rotatable bonds is 8. The second-order valence-electron chi connectivity index (χ2n) is 8.00.